The number of urea groups is 2. The summed E-state index contributed by atoms with van der Waals surface area (Å²) in [5.74, 6) is 1.85. The van der Waals surface area contributed by atoms with E-state index in [0.29, 0.717) is 92.8 Å². The number of methoxy groups -OCH3 is 3. The third-order valence-corrected chi connectivity index (χ3v) is 21.6. The first-order valence-electron chi connectivity index (χ1n) is 37.5. The molecule has 694 valence electrons. The van der Waals surface area contributed by atoms with E-state index in [-0.39, 0.29) is 30.7 Å². The van der Waals surface area contributed by atoms with Crippen LogP contribution in [0.4, 0.5) is 76.7 Å². The lowest BCUT2D eigenvalue weighted by Gasteiger charge is -2.17. The van der Waals surface area contributed by atoms with Crippen molar-refractivity contribution in [1.29, 1.82) is 0 Å². The molecule has 24 nitrogen and oxygen atoms in total. The molecule has 0 bridgehead atoms. The molecule has 123 heavy (non-hydrogen) atoms. The topological polar surface area (TPSA) is 330 Å². The number of carbonyl (C=O) groups is 8. The van der Waals surface area contributed by atoms with Gasteiger partial charge in [0.15, 0.2) is 0 Å². The minimum absolute atomic E-state index is 0.0639. The van der Waals surface area contributed by atoms with Crippen LogP contribution in [0.3, 0.4) is 0 Å². The standard InChI is InChI=1S/C15H19F3N2O3S.C15H19F3N2OS.C14H16F3IN2O.C14H21F3N2S.C8H11N.C7H13NO4S.C5H11NO2S.C2H3ClO2/c1-23-14(22)20-12(7-8-24-2)13(21)19-9-10-3-5-11(6-4-10)15(16,17)18;1-19-13(7-8-22-2)10-20(14(19)21)9-11-3-5-12(6-4-11)15(16,17)18;1-19-12(6-7-18)9-20(13(19)21)8-10-2-4-11(5-3-10)14(15,16)17;1-18-13(7-8-20-2)10-19-9-11-3-5-12(6-4-11)14(15,16)17;1-7-2-4-8(6-9)5-3-7;1-12-7(11)8-5(6(9)10)3-4-13-2;1-9-3-2-4(6)5(7)8;1-5-2(3)4/h3-6,12H,7-9H2,1-2H3,(H,19,21)(H,20,22);3-6,13H,7-10H2,1-2H3;2-5,12H,6-9H2,1H3;3-6,13,18-19H,7-10H2,1-2H3;2-5H,6,9H2,1H3;5H,3-4H2,1-2H3,(H,8,11)(H,9,10);4H,2-3,6H2,1H3,(H,7,8);1H3/t12-;13-;12-;13-;;5-;4-;/m0000.00./s1. The molecule has 5 aromatic carbocycles. The van der Waals surface area contributed by atoms with Crippen LogP contribution in [-0.4, -0.2) is 240 Å². The number of amides is 7. The van der Waals surface area contributed by atoms with Gasteiger partial charge in [0.2, 0.25) is 5.91 Å². The quantitative estimate of drug-likeness (QED) is 0.00607. The van der Waals surface area contributed by atoms with Crippen molar-refractivity contribution in [3.05, 3.63) is 177 Å². The molecule has 2 saturated heterocycles. The number of aliphatic carboxylic acids is 2. The van der Waals surface area contributed by atoms with Gasteiger partial charge in [-0.15, -0.1) is 0 Å². The van der Waals surface area contributed by atoms with E-state index in [2.05, 4.69) is 112 Å². The normalized spacial score (nSPS) is 14.5. The van der Waals surface area contributed by atoms with Gasteiger partial charge in [-0.3, -0.25) is 9.59 Å². The molecule has 0 aromatic heterocycles. The van der Waals surface area contributed by atoms with Crippen LogP contribution < -0.4 is 38.1 Å². The molecule has 0 unspecified atom stereocenters. The predicted octanol–water partition coefficient (Wildman–Crippen LogP) is 16.5. The van der Waals surface area contributed by atoms with E-state index in [4.69, 9.17) is 21.7 Å². The lowest BCUT2D eigenvalue weighted by molar-refractivity contribution is -0.140. The van der Waals surface area contributed by atoms with Crippen LogP contribution in [0, 0.1) is 6.92 Å². The third-order valence-electron chi connectivity index (χ3n) is 17.6. The van der Waals surface area contributed by atoms with Crippen LogP contribution in [0.2, 0.25) is 0 Å². The van der Waals surface area contributed by atoms with E-state index in [1.807, 2.05) is 32.1 Å². The first kappa shape index (κ1) is 116. The van der Waals surface area contributed by atoms with Gasteiger partial charge < -0.3 is 82.1 Å². The Labute approximate surface area is 751 Å². The Morgan fingerprint density at radius 2 is 0.854 bits per heavy atom. The van der Waals surface area contributed by atoms with Gasteiger partial charge in [0.25, 0.3) is 0 Å². The van der Waals surface area contributed by atoms with Crippen molar-refractivity contribution in [1.82, 2.24) is 46.2 Å². The summed E-state index contributed by atoms with van der Waals surface area (Å²) >= 11 is 15.1. The summed E-state index contributed by atoms with van der Waals surface area (Å²) in [5.41, 5.74) is 12.4. The average Bonchev–Trinajstić information content (AvgIpc) is 1.69. The Kier molecular flexibility index (Phi) is 59.2. The van der Waals surface area contributed by atoms with Crippen LogP contribution in [0.1, 0.15) is 94.2 Å². The van der Waals surface area contributed by atoms with Crippen molar-refractivity contribution < 1.29 is 115 Å². The number of alkyl carbamates (subject to hydrolysis) is 2. The Morgan fingerprint density at radius 3 is 1.19 bits per heavy atom. The molecule has 0 saturated carbocycles. The van der Waals surface area contributed by atoms with Gasteiger partial charge in [0.1, 0.15) is 18.1 Å². The number of halogens is 14. The second kappa shape index (κ2) is 62.9. The number of carbonyl (C=O) groups excluding carboxylic acids is 6. The highest BCUT2D eigenvalue weighted by molar-refractivity contribution is 14.1. The van der Waals surface area contributed by atoms with Crippen LogP contribution in [0.15, 0.2) is 121 Å². The molecule has 2 aliphatic heterocycles. The number of thioether (sulfide) groups is 5. The van der Waals surface area contributed by atoms with E-state index in [1.54, 1.807) is 69.0 Å². The summed E-state index contributed by atoms with van der Waals surface area (Å²) in [6.45, 7) is 6.09. The summed E-state index contributed by atoms with van der Waals surface area (Å²) in [6, 6.07) is 26.3. The van der Waals surface area contributed by atoms with Crippen molar-refractivity contribution in [2.24, 2.45) is 11.5 Å². The fourth-order valence-corrected chi connectivity index (χ4v) is 13.5. The molecular weight excluding hydrogens is 1870 g/mol. The Morgan fingerprint density at radius 1 is 0.512 bits per heavy atom. The lowest BCUT2D eigenvalue weighted by atomic mass is 10.1. The average molecular weight is 1990 g/mol. The van der Waals surface area contributed by atoms with Crippen molar-refractivity contribution in [3.63, 3.8) is 0 Å². The van der Waals surface area contributed by atoms with Gasteiger partial charge in [-0.25, -0.2) is 28.8 Å². The van der Waals surface area contributed by atoms with Crippen LogP contribution >= 0.6 is 93.0 Å². The molecule has 43 heteroatoms. The first-order valence-corrected chi connectivity index (χ1v) is 46.4. The van der Waals surface area contributed by atoms with Gasteiger partial charge in [0.05, 0.1) is 55.7 Å². The second-order valence-corrected chi connectivity index (χ2v) is 33.0. The Balaban J connectivity index is 0.00000143. The molecule has 2 heterocycles. The highest BCUT2D eigenvalue weighted by Crippen LogP contribution is 2.33. The Hall–Kier alpha value is -7.17. The number of hydrogen-bond acceptors (Lipinski definition) is 20. The zero-order valence-corrected chi connectivity index (χ0v) is 77.3. The number of nitrogens with zero attached hydrogens (tertiary/aromatic N) is 4. The highest BCUT2D eigenvalue weighted by atomic mass is 127. The molecule has 11 N–H and O–H groups in total. The molecule has 0 radical (unpaired) electrons. The predicted molar refractivity (Wildman–Crippen MR) is 475 cm³/mol. The lowest BCUT2D eigenvalue weighted by Crippen LogP contribution is -2.46. The van der Waals surface area contributed by atoms with E-state index >= 15 is 0 Å². The number of nitrogens with one attached hydrogen (secondary N) is 5. The molecular formula is C80H113ClF12IN11O13S5. The minimum atomic E-state index is -4.39. The minimum Gasteiger partial charge on any atom is -0.480 e. The van der Waals surface area contributed by atoms with Crippen molar-refractivity contribution in [2.75, 3.05) is 127 Å². The number of aryl methyl sites for hydroxylation is 1. The second-order valence-electron chi connectivity index (χ2n) is 26.6. The summed E-state index contributed by atoms with van der Waals surface area (Å²) < 4.78 is 163. The maximum absolute atomic E-state index is 12.5. The number of carboxylic acids is 2. The summed E-state index contributed by atoms with van der Waals surface area (Å²) in [4.78, 5) is 95.2. The van der Waals surface area contributed by atoms with Gasteiger partial charge in [-0.2, -0.15) is 111 Å². The number of benzene rings is 5. The fourth-order valence-electron chi connectivity index (χ4n) is 10.3. The number of nitrogens with two attached hydrogens (primary N) is 2. The van der Waals surface area contributed by atoms with Crippen LogP contribution in [0.25, 0.3) is 0 Å². The third kappa shape index (κ3) is 50.1. The number of rotatable bonds is 34. The molecule has 2 fully saturated rings. The smallest absolute Gasteiger partial charge is 0.416 e. The zero-order chi connectivity index (χ0) is 93.6. The number of hydrogen-bond donors (Lipinski definition) is 9. The number of ether oxygens (including phenoxy) is 3. The highest BCUT2D eigenvalue weighted by Gasteiger charge is 2.37. The molecule has 0 aliphatic carbocycles. The summed E-state index contributed by atoms with van der Waals surface area (Å²) in [7, 11) is 9.08. The molecule has 2 aliphatic rings. The number of likely N-dealkylation sites (N-methyl/N-ethyl adjacent to an activating group) is 3. The SMILES string of the molecule is CN1C(=O)N(Cc2ccc(C(F)(F)F)cc2)C[C@@H]1CCI.CN[C@@H](CCSC)CNCc1ccc(C(F)(F)F)cc1.COC(=O)Cl.COC(=O)N[C@@H](CCSC)C(=O)NCc1ccc(C(F)(F)F)cc1.COC(=O)N[C@@H](CCSC)C(=O)O.CSCC[C@H](N)C(=O)O.CSCC[C@H]1CN(Cc2ccc(C(F)(F)F)cc2)C(=O)N1C.Cc1ccc(CN)cc1. The molecule has 7 rings (SSSR count). The Bertz CT molecular complexity index is 3840. The van der Waals surface area contributed by atoms with E-state index in [9.17, 15) is 91.0 Å². The van der Waals surface area contributed by atoms with Crippen molar-refractivity contribution >= 4 is 141 Å². The van der Waals surface area contributed by atoms with Gasteiger partial charge in [0, 0.05) is 88.5 Å². The largest absolute Gasteiger partial charge is 0.480 e. The summed E-state index contributed by atoms with van der Waals surface area (Å²) in [6.07, 6.45) is -4.71. The molecule has 5 aromatic rings. The van der Waals surface area contributed by atoms with Gasteiger partial charge in [-0.1, -0.05) is 101 Å². The van der Waals surface area contributed by atoms with Crippen LogP contribution in [-0.2, 0) is 86.0 Å². The van der Waals surface area contributed by atoms with Crippen LogP contribution in [0.5, 0.6) is 0 Å². The van der Waals surface area contributed by atoms with E-state index in [1.165, 1.54) is 105 Å². The van der Waals surface area contributed by atoms with Crippen molar-refractivity contribution in [3.8, 4) is 0 Å². The van der Waals surface area contributed by atoms with E-state index in [0.717, 1.165) is 102 Å². The fraction of sp³-hybridized carbons (Fsp3) is 0.525. The molecule has 7 amide bonds. The maximum atomic E-state index is 12.5. The number of carboxylic acid groups (broad SMARTS) is 2. The zero-order valence-electron chi connectivity index (χ0n) is 70.3. The van der Waals surface area contributed by atoms with E-state index < -0.39 is 101 Å². The first-order chi connectivity index (χ1) is 57.8. The summed E-state index contributed by atoms with van der Waals surface area (Å²) in [5, 5.41) is 30.7. The maximum Gasteiger partial charge on any atom is 0.416 e. The monoisotopic (exact) mass is 1990 g/mol. The van der Waals surface area contributed by atoms with Gasteiger partial charge >= 0.3 is 66.3 Å². The van der Waals surface area contributed by atoms with Gasteiger partial charge in [-0.05, 0) is 189 Å². The molecule has 0 spiro atoms. The number of alkyl halides is 13. The molecule has 6 atom stereocenters. The van der Waals surface area contributed by atoms with Crippen molar-refractivity contribution in [2.45, 2.75) is 139 Å².